The van der Waals surface area contributed by atoms with Gasteiger partial charge in [0, 0.05) is 5.56 Å². The monoisotopic (exact) mass is 278 g/mol. The molecule has 0 radical (unpaired) electrons. The molecule has 0 fully saturated rings. The molecular formula is C14H18N2O2S. The number of anilines is 1. The molecule has 0 saturated heterocycles. The second-order valence-electron chi connectivity index (χ2n) is 4.76. The van der Waals surface area contributed by atoms with Crippen LogP contribution in [0.2, 0.25) is 0 Å². The smallest absolute Gasteiger partial charge is 0.164 e. The predicted octanol–water partition coefficient (Wildman–Crippen LogP) is 4.04. The van der Waals surface area contributed by atoms with Crippen molar-refractivity contribution >= 4 is 22.3 Å². The van der Waals surface area contributed by atoms with Crippen molar-refractivity contribution in [1.82, 2.24) is 4.37 Å². The lowest BCUT2D eigenvalue weighted by Gasteiger charge is -2.13. The summed E-state index contributed by atoms with van der Waals surface area (Å²) in [7, 11) is 0. The van der Waals surface area contributed by atoms with Crippen LogP contribution in [-0.4, -0.2) is 10.2 Å². The van der Waals surface area contributed by atoms with E-state index in [0.717, 1.165) is 27.8 Å². The van der Waals surface area contributed by atoms with Crippen molar-refractivity contribution in [2.24, 2.45) is 0 Å². The topological polar surface area (TPSA) is 55.1 Å². The molecule has 0 aliphatic carbocycles. The van der Waals surface area contributed by atoms with Crippen molar-refractivity contribution < 1.29 is 9.21 Å². The van der Waals surface area contributed by atoms with Crippen LogP contribution in [0.15, 0.2) is 10.5 Å². The number of aryl methyl sites for hydroxylation is 3. The van der Waals surface area contributed by atoms with Gasteiger partial charge in [0.1, 0.15) is 16.5 Å². The van der Waals surface area contributed by atoms with Crippen molar-refractivity contribution in [3.63, 3.8) is 0 Å². The van der Waals surface area contributed by atoms with Gasteiger partial charge in [-0.05, 0) is 52.2 Å². The normalized spacial score (nSPS) is 12.5. The molecule has 4 nitrogen and oxygen atoms in total. The summed E-state index contributed by atoms with van der Waals surface area (Å²) in [6.07, 6.45) is 0. The van der Waals surface area contributed by atoms with Crippen LogP contribution in [-0.2, 0) is 0 Å². The summed E-state index contributed by atoms with van der Waals surface area (Å²) >= 11 is 1.33. The Kier molecular flexibility index (Phi) is 3.75. The van der Waals surface area contributed by atoms with Gasteiger partial charge in [-0.2, -0.15) is 4.37 Å². The molecule has 0 aliphatic heterocycles. The van der Waals surface area contributed by atoms with Crippen molar-refractivity contribution in [2.75, 3.05) is 5.32 Å². The fourth-order valence-corrected chi connectivity index (χ4v) is 3.17. The van der Waals surface area contributed by atoms with Gasteiger partial charge in [0.25, 0.3) is 0 Å². The molecule has 1 N–H and O–H groups in total. The fourth-order valence-electron chi connectivity index (χ4n) is 2.24. The molecule has 0 spiro atoms. The number of carbonyl (C=O) groups excluding carboxylic acids is 1. The average molecular weight is 278 g/mol. The van der Waals surface area contributed by atoms with Crippen LogP contribution < -0.4 is 5.32 Å². The van der Waals surface area contributed by atoms with Gasteiger partial charge in [-0.1, -0.05) is 0 Å². The van der Waals surface area contributed by atoms with Crippen LogP contribution >= 0.6 is 11.5 Å². The largest absolute Gasteiger partial charge is 0.466 e. The molecule has 1 atom stereocenters. The lowest BCUT2D eigenvalue weighted by Crippen LogP contribution is -2.08. The van der Waals surface area contributed by atoms with E-state index in [1.165, 1.54) is 11.5 Å². The van der Waals surface area contributed by atoms with E-state index in [1.54, 1.807) is 6.92 Å². The first-order chi connectivity index (χ1) is 8.90. The van der Waals surface area contributed by atoms with Crippen LogP contribution in [0, 0.1) is 20.8 Å². The van der Waals surface area contributed by atoms with Crippen LogP contribution in [0.3, 0.4) is 0 Å². The Bertz CT molecular complexity index is 613. The summed E-state index contributed by atoms with van der Waals surface area (Å²) in [5.41, 5.74) is 2.58. The first-order valence-electron chi connectivity index (χ1n) is 6.20. The van der Waals surface area contributed by atoms with Crippen molar-refractivity contribution in [1.29, 1.82) is 0 Å². The molecule has 0 aromatic carbocycles. The minimum absolute atomic E-state index is 0.0426. The summed E-state index contributed by atoms with van der Waals surface area (Å²) in [5, 5.41) is 4.19. The zero-order chi connectivity index (χ0) is 14.2. The highest BCUT2D eigenvalue weighted by molar-refractivity contribution is 7.10. The number of Topliss-reactive ketones (excluding diaryl/α,β-unsaturated/α-hetero) is 1. The number of nitrogens with zero attached hydrogens (tertiary/aromatic N) is 1. The molecule has 0 amide bonds. The molecule has 0 saturated carbocycles. The number of ketones is 1. The summed E-state index contributed by atoms with van der Waals surface area (Å²) in [6.45, 7) is 9.36. The lowest BCUT2D eigenvalue weighted by molar-refractivity contribution is 0.101. The molecule has 2 rings (SSSR count). The van der Waals surface area contributed by atoms with Gasteiger partial charge in [0.05, 0.1) is 17.3 Å². The summed E-state index contributed by atoms with van der Waals surface area (Å²) in [6, 6.07) is 2.10. The molecule has 2 aromatic heterocycles. The first-order valence-corrected chi connectivity index (χ1v) is 6.98. The Labute approximate surface area is 117 Å². The van der Waals surface area contributed by atoms with Gasteiger partial charge in [0.2, 0.25) is 0 Å². The second kappa shape index (κ2) is 5.17. The predicted molar refractivity (Wildman–Crippen MR) is 77.1 cm³/mol. The standard InChI is InChI=1S/C14H18N2O2S/c1-7-6-12(11(5)18-7)8(2)15-14-13(10(4)17)9(3)16-19-14/h6,8,15H,1-5H3. The molecule has 2 heterocycles. The van der Waals surface area contributed by atoms with Crippen LogP contribution in [0.5, 0.6) is 0 Å². The van der Waals surface area contributed by atoms with E-state index >= 15 is 0 Å². The maximum atomic E-state index is 11.6. The molecule has 102 valence electrons. The number of aromatic nitrogens is 1. The van der Waals surface area contributed by atoms with Gasteiger partial charge < -0.3 is 9.73 Å². The molecular weight excluding hydrogens is 260 g/mol. The zero-order valence-corrected chi connectivity index (χ0v) is 12.6. The first kappa shape index (κ1) is 13.8. The minimum Gasteiger partial charge on any atom is -0.466 e. The second-order valence-corrected chi connectivity index (χ2v) is 5.54. The number of furan rings is 1. The van der Waals surface area contributed by atoms with Crippen molar-refractivity contribution in [3.05, 3.63) is 34.4 Å². The van der Waals surface area contributed by atoms with E-state index in [0.29, 0.717) is 5.56 Å². The quantitative estimate of drug-likeness (QED) is 0.858. The Morgan fingerprint density at radius 3 is 2.63 bits per heavy atom. The van der Waals surface area contributed by atoms with Gasteiger partial charge in [0.15, 0.2) is 5.78 Å². The highest BCUT2D eigenvalue weighted by Gasteiger charge is 2.19. The van der Waals surface area contributed by atoms with E-state index in [4.69, 9.17) is 4.42 Å². The Morgan fingerprint density at radius 1 is 1.42 bits per heavy atom. The van der Waals surface area contributed by atoms with E-state index in [-0.39, 0.29) is 11.8 Å². The van der Waals surface area contributed by atoms with Gasteiger partial charge >= 0.3 is 0 Å². The molecule has 19 heavy (non-hydrogen) atoms. The average Bonchev–Trinajstić information content (AvgIpc) is 2.82. The minimum atomic E-state index is 0.0426. The van der Waals surface area contributed by atoms with Gasteiger partial charge in [-0.25, -0.2) is 0 Å². The number of nitrogens with one attached hydrogen (secondary N) is 1. The maximum Gasteiger partial charge on any atom is 0.164 e. The Morgan fingerprint density at radius 2 is 2.11 bits per heavy atom. The maximum absolute atomic E-state index is 11.6. The highest BCUT2D eigenvalue weighted by Crippen LogP contribution is 2.30. The van der Waals surface area contributed by atoms with E-state index in [1.807, 2.05) is 26.8 Å². The number of rotatable bonds is 4. The number of hydrogen-bond acceptors (Lipinski definition) is 5. The third-order valence-electron chi connectivity index (χ3n) is 3.11. The number of carbonyl (C=O) groups is 1. The van der Waals surface area contributed by atoms with Crippen molar-refractivity contribution in [2.45, 2.75) is 40.7 Å². The number of hydrogen-bond donors (Lipinski definition) is 1. The summed E-state index contributed by atoms with van der Waals surface area (Å²) in [4.78, 5) is 11.6. The zero-order valence-electron chi connectivity index (χ0n) is 11.8. The van der Waals surface area contributed by atoms with Crippen LogP contribution in [0.4, 0.5) is 5.00 Å². The summed E-state index contributed by atoms with van der Waals surface area (Å²) in [5.74, 6) is 1.84. The summed E-state index contributed by atoms with van der Waals surface area (Å²) < 4.78 is 9.78. The highest BCUT2D eigenvalue weighted by atomic mass is 32.1. The van der Waals surface area contributed by atoms with Gasteiger partial charge in [-0.15, -0.1) is 0 Å². The molecule has 2 aromatic rings. The third kappa shape index (κ3) is 2.71. The molecule has 0 bridgehead atoms. The van der Waals surface area contributed by atoms with Crippen LogP contribution in [0.1, 0.15) is 53.0 Å². The van der Waals surface area contributed by atoms with E-state index < -0.39 is 0 Å². The van der Waals surface area contributed by atoms with E-state index in [2.05, 4.69) is 16.6 Å². The fraction of sp³-hybridized carbons (Fsp3) is 0.429. The molecule has 5 heteroatoms. The molecule has 0 aliphatic rings. The van der Waals surface area contributed by atoms with Crippen molar-refractivity contribution in [3.8, 4) is 0 Å². The van der Waals surface area contributed by atoms with Crippen LogP contribution in [0.25, 0.3) is 0 Å². The lowest BCUT2D eigenvalue weighted by atomic mass is 10.1. The molecule has 1 unspecified atom stereocenters. The third-order valence-corrected chi connectivity index (χ3v) is 3.98. The Balaban J connectivity index is 2.27. The Hall–Kier alpha value is -1.62. The van der Waals surface area contributed by atoms with Gasteiger partial charge in [-0.3, -0.25) is 4.79 Å². The SMILES string of the molecule is CC(=O)c1c(C)nsc1NC(C)c1cc(C)oc1C. The van der Waals surface area contributed by atoms with E-state index in [9.17, 15) is 4.79 Å².